The number of hydrogen-bond donors (Lipinski definition) is 1. The zero-order valence-corrected chi connectivity index (χ0v) is 11.1. The summed E-state index contributed by atoms with van der Waals surface area (Å²) in [6.45, 7) is 4.92. The number of amides is 1. The molecule has 0 aliphatic carbocycles. The third-order valence-corrected chi connectivity index (χ3v) is 2.63. The van der Waals surface area contributed by atoms with Crippen LogP contribution in [0, 0.1) is 6.92 Å². The molecule has 1 aromatic carbocycles. The van der Waals surface area contributed by atoms with Gasteiger partial charge in [-0.15, -0.1) is 0 Å². The number of rotatable bonds is 5. The first-order chi connectivity index (χ1) is 9.19. The highest BCUT2D eigenvalue weighted by atomic mass is 16.5. The van der Waals surface area contributed by atoms with E-state index in [0.29, 0.717) is 24.6 Å². The lowest BCUT2D eigenvalue weighted by Crippen LogP contribution is -2.11. The largest absolute Gasteiger partial charge is 0.360 e. The molecule has 0 saturated carbocycles. The Morgan fingerprint density at radius 3 is 2.79 bits per heavy atom. The Kier molecular flexibility index (Phi) is 4.30. The topological polar surface area (TPSA) is 56.1 Å². The maximum absolute atomic E-state index is 12.0. The van der Waals surface area contributed by atoms with Crippen molar-refractivity contribution >= 4 is 11.6 Å². The summed E-state index contributed by atoms with van der Waals surface area (Å²) in [4.78, 5) is 12.0. The van der Waals surface area contributed by atoms with Gasteiger partial charge in [0.05, 0.1) is 18.1 Å². The van der Waals surface area contributed by atoms with Gasteiger partial charge in [-0.1, -0.05) is 17.7 Å². The number of benzene rings is 1. The smallest absolute Gasteiger partial charge is 0.255 e. The number of aromatic nitrogens is 2. The summed E-state index contributed by atoms with van der Waals surface area (Å²) in [5.74, 6) is -0.143. The molecule has 5 nitrogen and oxygen atoms in total. The van der Waals surface area contributed by atoms with E-state index in [1.54, 1.807) is 29.2 Å². The molecule has 1 amide bonds. The molecule has 0 bridgehead atoms. The SMILES string of the molecule is CCOCn1cc(NC(=O)c2ccc(C)cc2)cn1. The normalized spacial score (nSPS) is 10.4. The van der Waals surface area contributed by atoms with Crippen molar-refractivity contribution in [3.63, 3.8) is 0 Å². The van der Waals surface area contributed by atoms with Crippen LogP contribution in [0.3, 0.4) is 0 Å². The van der Waals surface area contributed by atoms with E-state index < -0.39 is 0 Å². The Labute approximate surface area is 112 Å². The van der Waals surface area contributed by atoms with Crippen LogP contribution in [0.15, 0.2) is 36.7 Å². The number of carbonyl (C=O) groups is 1. The molecule has 0 saturated heterocycles. The summed E-state index contributed by atoms with van der Waals surface area (Å²) >= 11 is 0. The highest BCUT2D eigenvalue weighted by Crippen LogP contribution is 2.09. The van der Waals surface area contributed by atoms with E-state index in [0.717, 1.165) is 5.56 Å². The molecular weight excluding hydrogens is 242 g/mol. The van der Waals surface area contributed by atoms with Crippen molar-refractivity contribution in [2.75, 3.05) is 11.9 Å². The predicted octanol–water partition coefficient (Wildman–Crippen LogP) is 2.44. The van der Waals surface area contributed by atoms with Gasteiger partial charge < -0.3 is 10.1 Å². The van der Waals surface area contributed by atoms with E-state index in [9.17, 15) is 4.79 Å². The second-order valence-electron chi connectivity index (χ2n) is 4.21. The van der Waals surface area contributed by atoms with E-state index in [1.807, 2.05) is 26.0 Å². The first kappa shape index (κ1) is 13.3. The van der Waals surface area contributed by atoms with Gasteiger partial charge in [-0.05, 0) is 26.0 Å². The van der Waals surface area contributed by atoms with Gasteiger partial charge in [0.1, 0.15) is 6.73 Å². The van der Waals surface area contributed by atoms with Crippen molar-refractivity contribution < 1.29 is 9.53 Å². The molecule has 19 heavy (non-hydrogen) atoms. The Morgan fingerprint density at radius 2 is 2.11 bits per heavy atom. The maximum atomic E-state index is 12.0. The number of aryl methyl sites for hydroxylation is 1. The van der Waals surface area contributed by atoms with E-state index in [-0.39, 0.29) is 5.91 Å². The zero-order chi connectivity index (χ0) is 13.7. The lowest BCUT2D eigenvalue weighted by Gasteiger charge is -2.03. The van der Waals surface area contributed by atoms with Crippen LogP contribution in [0.1, 0.15) is 22.8 Å². The third-order valence-electron chi connectivity index (χ3n) is 2.63. The molecule has 0 fully saturated rings. The standard InChI is InChI=1S/C14H17N3O2/c1-3-19-10-17-9-13(8-15-17)16-14(18)12-6-4-11(2)5-7-12/h4-9H,3,10H2,1-2H3,(H,16,18). The molecule has 2 rings (SSSR count). The first-order valence-corrected chi connectivity index (χ1v) is 6.17. The Morgan fingerprint density at radius 1 is 1.37 bits per heavy atom. The Bertz CT molecular complexity index is 546. The van der Waals surface area contributed by atoms with Gasteiger partial charge in [0, 0.05) is 12.2 Å². The van der Waals surface area contributed by atoms with Crippen LogP contribution in [0.4, 0.5) is 5.69 Å². The lowest BCUT2D eigenvalue weighted by molar-refractivity contribution is 0.0792. The van der Waals surface area contributed by atoms with Crippen molar-refractivity contribution in [3.05, 3.63) is 47.8 Å². The molecule has 0 spiro atoms. The van der Waals surface area contributed by atoms with Gasteiger partial charge in [0.2, 0.25) is 0 Å². The fraction of sp³-hybridized carbons (Fsp3) is 0.286. The van der Waals surface area contributed by atoms with Crippen molar-refractivity contribution in [2.45, 2.75) is 20.6 Å². The molecule has 1 N–H and O–H groups in total. The monoisotopic (exact) mass is 259 g/mol. The number of anilines is 1. The molecular formula is C14H17N3O2. The molecule has 2 aromatic rings. The summed E-state index contributed by atoms with van der Waals surface area (Å²) in [6.07, 6.45) is 3.34. The van der Waals surface area contributed by atoms with E-state index in [4.69, 9.17) is 4.74 Å². The summed E-state index contributed by atoms with van der Waals surface area (Å²) in [5.41, 5.74) is 2.41. The van der Waals surface area contributed by atoms with E-state index >= 15 is 0 Å². The number of nitrogens with one attached hydrogen (secondary N) is 1. The van der Waals surface area contributed by atoms with Gasteiger partial charge in [-0.3, -0.25) is 4.79 Å². The van der Waals surface area contributed by atoms with Gasteiger partial charge in [0.15, 0.2) is 0 Å². The Balaban J connectivity index is 1.98. The molecule has 0 unspecified atom stereocenters. The minimum atomic E-state index is -0.143. The van der Waals surface area contributed by atoms with E-state index in [1.165, 1.54) is 0 Å². The second-order valence-corrected chi connectivity index (χ2v) is 4.21. The number of hydrogen-bond acceptors (Lipinski definition) is 3. The summed E-state index contributed by atoms with van der Waals surface area (Å²) in [5, 5.41) is 6.89. The molecule has 0 atom stereocenters. The van der Waals surface area contributed by atoms with Gasteiger partial charge in [0.25, 0.3) is 5.91 Å². The fourth-order valence-corrected chi connectivity index (χ4v) is 1.59. The Hall–Kier alpha value is -2.14. The predicted molar refractivity (Wildman–Crippen MR) is 73.0 cm³/mol. The summed E-state index contributed by atoms with van der Waals surface area (Å²) < 4.78 is 6.86. The van der Waals surface area contributed by atoms with Crippen molar-refractivity contribution in [3.8, 4) is 0 Å². The lowest BCUT2D eigenvalue weighted by atomic mass is 10.1. The number of ether oxygens (including phenoxy) is 1. The van der Waals surface area contributed by atoms with Crippen LogP contribution >= 0.6 is 0 Å². The average Bonchev–Trinajstić information content (AvgIpc) is 2.84. The van der Waals surface area contributed by atoms with Gasteiger partial charge in [-0.2, -0.15) is 5.10 Å². The molecule has 0 aliphatic heterocycles. The molecule has 5 heteroatoms. The van der Waals surface area contributed by atoms with Crippen LogP contribution in [0.5, 0.6) is 0 Å². The third kappa shape index (κ3) is 3.66. The van der Waals surface area contributed by atoms with E-state index in [2.05, 4.69) is 10.4 Å². The second kappa shape index (κ2) is 6.15. The number of carbonyl (C=O) groups excluding carboxylic acids is 1. The molecule has 1 aromatic heterocycles. The van der Waals surface area contributed by atoms with Crippen LogP contribution < -0.4 is 5.32 Å². The van der Waals surface area contributed by atoms with Crippen LogP contribution in [0.2, 0.25) is 0 Å². The first-order valence-electron chi connectivity index (χ1n) is 6.17. The minimum Gasteiger partial charge on any atom is -0.360 e. The van der Waals surface area contributed by atoms with Crippen LogP contribution in [-0.2, 0) is 11.5 Å². The van der Waals surface area contributed by atoms with Gasteiger partial charge in [-0.25, -0.2) is 4.68 Å². The quantitative estimate of drug-likeness (QED) is 0.897. The fourth-order valence-electron chi connectivity index (χ4n) is 1.59. The highest BCUT2D eigenvalue weighted by Gasteiger charge is 2.07. The number of nitrogens with zero attached hydrogens (tertiary/aromatic N) is 2. The summed E-state index contributed by atoms with van der Waals surface area (Å²) in [6, 6.07) is 7.42. The molecule has 1 heterocycles. The molecule has 0 radical (unpaired) electrons. The molecule has 0 aliphatic rings. The molecule has 100 valence electrons. The maximum Gasteiger partial charge on any atom is 0.255 e. The zero-order valence-electron chi connectivity index (χ0n) is 11.1. The van der Waals surface area contributed by atoms with Crippen molar-refractivity contribution in [1.29, 1.82) is 0 Å². The average molecular weight is 259 g/mol. The van der Waals surface area contributed by atoms with Crippen molar-refractivity contribution in [2.24, 2.45) is 0 Å². The van der Waals surface area contributed by atoms with Gasteiger partial charge >= 0.3 is 0 Å². The highest BCUT2D eigenvalue weighted by molar-refractivity contribution is 6.04. The van der Waals surface area contributed by atoms with Crippen LogP contribution in [-0.4, -0.2) is 22.3 Å². The van der Waals surface area contributed by atoms with Crippen LogP contribution in [0.25, 0.3) is 0 Å². The summed E-state index contributed by atoms with van der Waals surface area (Å²) in [7, 11) is 0. The van der Waals surface area contributed by atoms with Crippen molar-refractivity contribution in [1.82, 2.24) is 9.78 Å². The minimum absolute atomic E-state index is 0.143.